The van der Waals surface area contributed by atoms with Crippen molar-refractivity contribution in [2.75, 3.05) is 0 Å². The number of hydrogen-bond acceptors (Lipinski definition) is 4. The average Bonchev–Trinajstić information content (AvgIpc) is 2.92. The van der Waals surface area contributed by atoms with Gasteiger partial charge in [-0.25, -0.2) is 4.39 Å². The first kappa shape index (κ1) is 16.8. The van der Waals surface area contributed by atoms with Crippen LogP contribution in [0, 0.1) is 5.82 Å². The van der Waals surface area contributed by atoms with Crippen molar-refractivity contribution in [1.82, 2.24) is 14.8 Å². The highest BCUT2D eigenvalue weighted by Gasteiger charge is 2.11. The molecule has 124 valence electrons. The highest BCUT2D eigenvalue weighted by Crippen LogP contribution is 2.25. The maximum absolute atomic E-state index is 13.2. The van der Waals surface area contributed by atoms with Crippen molar-refractivity contribution in [3.8, 4) is 5.75 Å². The molecule has 0 N–H and O–H groups in total. The van der Waals surface area contributed by atoms with Crippen LogP contribution < -0.4 is 4.74 Å². The quantitative estimate of drug-likeness (QED) is 0.605. The SMILES string of the molecule is Cn1c(COc2ccccc2Cl)nnc1SCc1cccc(F)c1. The lowest BCUT2D eigenvalue weighted by Gasteiger charge is -2.07. The Balaban J connectivity index is 1.62. The molecule has 1 heterocycles. The fraction of sp³-hybridized carbons (Fsp3) is 0.176. The Morgan fingerprint density at radius 1 is 1.17 bits per heavy atom. The topological polar surface area (TPSA) is 39.9 Å². The molecule has 0 amide bonds. The minimum Gasteiger partial charge on any atom is -0.484 e. The van der Waals surface area contributed by atoms with Crippen LogP contribution in [-0.4, -0.2) is 14.8 Å². The Labute approximate surface area is 148 Å². The van der Waals surface area contributed by atoms with E-state index in [0.29, 0.717) is 22.3 Å². The molecule has 0 spiro atoms. The number of ether oxygens (including phenoxy) is 1. The Bertz CT molecular complexity index is 840. The van der Waals surface area contributed by atoms with Crippen molar-refractivity contribution in [1.29, 1.82) is 0 Å². The van der Waals surface area contributed by atoms with Gasteiger partial charge in [0.15, 0.2) is 11.0 Å². The number of halogens is 2. The molecule has 0 unspecified atom stereocenters. The number of hydrogen-bond donors (Lipinski definition) is 0. The van der Waals surface area contributed by atoms with Gasteiger partial charge in [-0.1, -0.05) is 47.6 Å². The first-order valence-corrected chi connectivity index (χ1v) is 8.62. The van der Waals surface area contributed by atoms with Gasteiger partial charge in [0.2, 0.25) is 0 Å². The summed E-state index contributed by atoms with van der Waals surface area (Å²) in [5, 5.41) is 9.60. The standard InChI is InChI=1S/C17H15ClFN3OS/c1-22-16(10-23-15-8-3-2-7-14(15)18)20-21-17(22)24-11-12-5-4-6-13(19)9-12/h2-9H,10-11H2,1H3. The normalized spacial score (nSPS) is 10.8. The van der Waals surface area contributed by atoms with Gasteiger partial charge in [0.25, 0.3) is 0 Å². The van der Waals surface area contributed by atoms with Gasteiger partial charge in [-0.2, -0.15) is 0 Å². The number of aromatic nitrogens is 3. The molecule has 4 nitrogen and oxygen atoms in total. The lowest BCUT2D eigenvalue weighted by molar-refractivity contribution is 0.290. The van der Waals surface area contributed by atoms with E-state index in [9.17, 15) is 4.39 Å². The summed E-state index contributed by atoms with van der Waals surface area (Å²) < 4.78 is 20.7. The van der Waals surface area contributed by atoms with Crippen molar-refractivity contribution in [2.24, 2.45) is 7.05 Å². The highest BCUT2D eigenvalue weighted by molar-refractivity contribution is 7.98. The Kier molecular flexibility index (Phi) is 5.37. The van der Waals surface area contributed by atoms with Gasteiger partial charge >= 0.3 is 0 Å². The lowest BCUT2D eigenvalue weighted by atomic mass is 10.2. The van der Waals surface area contributed by atoms with E-state index in [1.54, 1.807) is 18.2 Å². The van der Waals surface area contributed by atoms with Crippen molar-refractivity contribution in [2.45, 2.75) is 17.5 Å². The van der Waals surface area contributed by atoms with Crippen molar-refractivity contribution < 1.29 is 9.13 Å². The van der Waals surface area contributed by atoms with E-state index < -0.39 is 0 Å². The van der Waals surface area contributed by atoms with Crippen LogP contribution in [-0.2, 0) is 19.4 Å². The molecule has 3 aromatic rings. The fourth-order valence-corrected chi connectivity index (χ4v) is 3.14. The van der Waals surface area contributed by atoms with Crippen molar-refractivity contribution in [3.05, 3.63) is 70.8 Å². The number of rotatable bonds is 6. The number of thioether (sulfide) groups is 1. The van der Waals surface area contributed by atoms with E-state index in [0.717, 1.165) is 10.7 Å². The van der Waals surface area contributed by atoms with Crippen LogP contribution in [0.4, 0.5) is 4.39 Å². The molecule has 0 bridgehead atoms. The first-order chi connectivity index (χ1) is 11.6. The largest absolute Gasteiger partial charge is 0.484 e. The molecular weight excluding hydrogens is 349 g/mol. The monoisotopic (exact) mass is 363 g/mol. The zero-order chi connectivity index (χ0) is 16.9. The van der Waals surface area contributed by atoms with E-state index in [2.05, 4.69) is 10.2 Å². The molecule has 0 aliphatic rings. The maximum atomic E-state index is 13.2. The zero-order valence-corrected chi connectivity index (χ0v) is 14.5. The van der Waals surface area contributed by atoms with Gasteiger partial charge in [0.05, 0.1) is 5.02 Å². The van der Waals surface area contributed by atoms with Gasteiger partial charge in [0.1, 0.15) is 18.2 Å². The van der Waals surface area contributed by atoms with Crippen LogP contribution in [0.3, 0.4) is 0 Å². The third-order valence-electron chi connectivity index (χ3n) is 3.38. The molecule has 0 atom stereocenters. The number of para-hydroxylation sites is 1. The maximum Gasteiger partial charge on any atom is 0.191 e. The van der Waals surface area contributed by atoms with E-state index >= 15 is 0 Å². The second kappa shape index (κ2) is 7.68. The predicted octanol–water partition coefficient (Wildman–Crippen LogP) is 4.48. The molecule has 0 radical (unpaired) electrons. The summed E-state index contributed by atoms with van der Waals surface area (Å²) in [5.41, 5.74) is 0.900. The van der Waals surface area contributed by atoms with Gasteiger partial charge in [0, 0.05) is 12.8 Å². The molecule has 1 aromatic heterocycles. The van der Waals surface area contributed by atoms with Crippen LogP contribution >= 0.6 is 23.4 Å². The molecule has 0 aliphatic heterocycles. The minimum atomic E-state index is -0.236. The molecule has 0 saturated carbocycles. The summed E-state index contributed by atoms with van der Waals surface area (Å²) in [6.45, 7) is 0.272. The third kappa shape index (κ3) is 4.07. The molecule has 24 heavy (non-hydrogen) atoms. The summed E-state index contributed by atoms with van der Waals surface area (Å²) in [4.78, 5) is 0. The highest BCUT2D eigenvalue weighted by atomic mass is 35.5. The van der Waals surface area contributed by atoms with Gasteiger partial charge < -0.3 is 9.30 Å². The molecule has 0 saturated heterocycles. The molecule has 0 aliphatic carbocycles. The number of benzene rings is 2. The summed E-state index contributed by atoms with van der Waals surface area (Å²) in [5.74, 6) is 1.68. The number of nitrogens with zero attached hydrogens (tertiary/aromatic N) is 3. The summed E-state index contributed by atoms with van der Waals surface area (Å²) in [6, 6.07) is 13.8. The Morgan fingerprint density at radius 2 is 2.00 bits per heavy atom. The van der Waals surface area contributed by atoms with Crippen LogP contribution in [0.2, 0.25) is 5.02 Å². The van der Waals surface area contributed by atoms with E-state index in [1.165, 1.54) is 23.9 Å². The smallest absolute Gasteiger partial charge is 0.191 e. The summed E-state index contributed by atoms with van der Waals surface area (Å²) in [7, 11) is 1.87. The average molecular weight is 364 g/mol. The van der Waals surface area contributed by atoms with Crippen LogP contribution in [0.5, 0.6) is 5.75 Å². The van der Waals surface area contributed by atoms with Crippen molar-refractivity contribution >= 4 is 23.4 Å². The van der Waals surface area contributed by atoms with Crippen LogP contribution in [0.1, 0.15) is 11.4 Å². The molecule has 3 rings (SSSR count). The van der Waals surface area contributed by atoms with E-state index in [1.807, 2.05) is 29.8 Å². The predicted molar refractivity (Wildman–Crippen MR) is 92.7 cm³/mol. The minimum absolute atomic E-state index is 0.236. The fourth-order valence-electron chi connectivity index (χ4n) is 2.08. The second-order valence-corrected chi connectivity index (χ2v) is 6.45. The van der Waals surface area contributed by atoms with Gasteiger partial charge in [-0.3, -0.25) is 0 Å². The zero-order valence-electron chi connectivity index (χ0n) is 12.9. The van der Waals surface area contributed by atoms with Gasteiger partial charge in [-0.05, 0) is 29.8 Å². The Hall–Kier alpha value is -2.05. The first-order valence-electron chi connectivity index (χ1n) is 7.26. The van der Waals surface area contributed by atoms with E-state index in [-0.39, 0.29) is 12.4 Å². The van der Waals surface area contributed by atoms with Crippen molar-refractivity contribution in [3.63, 3.8) is 0 Å². The molecule has 7 heteroatoms. The van der Waals surface area contributed by atoms with Crippen LogP contribution in [0.25, 0.3) is 0 Å². The van der Waals surface area contributed by atoms with Gasteiger partial charge in [-0.15, -0.1) is 10.2 Å². The molecular formula is C17H15ClFN3OS. The summed E-state index contributed by atoms with van der Waals surface area (Å²) >= 11 is 7.56. The third-order valence-corrected chi connectivity index (χ3v) is 4.78. The van der Waals surface area contributed by atoms with E-state index in [4.69, 9.17) is 16.3 Å². The Morgan fingerprint density at radius 3 is 2.79 bits per heavy atom. The summed E-state index contributed by atoms with van der Waals surface area (Å²) in [6.07, 6.45) is 0. The second-order valence-electron chi connectivity index (χ2n) is 5.10. The van der Waals surface area contributed by atoms with Crippen LogP contribution in [0.15, 0.2) is 53.7 Å². The molecule has 0 fully saturated rings. The lowest BCUT2D eigenvalue weighted by Crippen LogP contribution is -2.04. The molecule has 2 aromatic carbocycles.